The summed E-state index contributed by atoms with van der Waals surface area (Å²) in [7, 11) is 1.78. The standard InChI is InChI=1S/C21H18N4O2/c1-14-7-6-8-15(11-14)22-20(26)17-12-24(2)13-18-19(17)23-25(21(18)27)16-9-4-3-5-10-16/h3-13H,1-2H3,(H,22,26). The Bertz CT molecular complexity index is 1160. The minimum Gasteiger partial charge on any atom is -0.356 e. The van der Waals surface area contributed by atoms with Gasteiger partial charge in [-0.2, -0.15) is 9.78 Å². The largest absolute Gasteiger partial charge is 0.356 e. The van der Waals surface area contributed by atoms with Crippen molar-refractivity contribution < 1.29 is 4.79 Å². The van der Waals surface area contributed by atoms with Crippen molar-refractivity contribution in [1.29, 1.82) is 0 Å². The molecule has 0 atom stereocenters. The van der Waals surface area contributed by atoms with Gasteiger partial charge in [-0.3, -0.25) is 9.59 Å². The van der Waals surface area contributed by atoms with Crippen molar-refractivity contribution in [2.75, 3.05) is 5.32 Å². The van der Waals surface area contributed by atoms with Gasteiger partial charge in [-0.25, -0.2) is 0 Å². The zero-order valence-electron chi connectivity index (χ0n) is 15.0. The maximum absolute atomic E-state index is 12.9. The van der Waals surface area contributed by atoms with Crippen LogP contribution in [-0.2, 0) is 7.05 Å². The molecule has 0 saturated carbocycles. The van der Waals surface area contributed by atoms with Gasteiger partial charge < -0.3 is 9.88 Å². The minimum atomic E-state index is -0.306. The molecule has 0 spiro atoms. The Labute approximate surface area is 156 Å². The van der Waals surface area contributed by atoms with Gasteiger partial charge in [0.25, 0.3) is 11.5 Å². The van der Waals surface area contributed by atoms with Gasteiger partial charge in [0.15, 0.2) is 0 Å². The third-order valence-corrected chi connectivity index (χ3v) is 4.32. The minimum absolute atomic E-state index is 0.253. The van der Waals surface area contributed by atoms with Crippen molar-refractivity contribution in [2.24, 2.45) is 7.05 Å². The molecule has 0 unspecified atom stereocenters. The molecule has 2 aromatic carbocycles. The summed E-state index contributed by atoms with van der Waals surface area (Å²) < 4.78 is 3.03. The van der Waals surface area contributed by atoms with Crippen LogP contribution in [0.1, 0.15) is 15.9 Å². The number of hydrogen-bond donors (Lipinski definition) is 1. The number of anilines is 1. The molecule has 0 bridgehead atoms. The molecule has 0 radical (unpaired) electrons. The van der Waals surface area contributed by atoms with E-state index in [1.807, 2.05) is 49.4 Å². The topological polar surface area (TPSA) is 68.9 Å². The average molecular weight is 358 g/mol. The highest BCUT2D eigenvalue weighted by Crippen LogP contribution is 2.23. The van der Waals surface area contributed by atoms with Crippen LogP contribution in [0.25, 0.3) is 16.9 Å². The molecule has 27 heavy (non-hydrogen) atoms. The van der Waals surface area contributed by atoms with Gasteiger partial charge in [0.2, 0.25) is 0 Å². The van der Waals surface area contributed by atoms with Crippen LogP contribution in [-0.4, -0.2) is 20.3 Å². The highest BCUT2D eigenvalue weighted by molar-refractivity contribution is 6.08. The number of benzene rings is 2. The van der Waals surface area contributed by atoms with Gasteiger partial charge in [0, 0.05) is 25.1 Å². The highest BCUT2D eigenvalue weighted by Gasteiger charge is 2.24. The summed E-state index contributed by atoms with van der Waals surface area (Å²) in [5.41, 5.74) is 3.29. The fourth-order valence-corrected chi connectivity index (χ4v) is 3.07. The maximum atomic E-state index is 12.9. The molecule has 0 saturated heterocycles. The van der Waals surface area contributed by atoms with Crippen molar-refractivity contribution in [3.05, 3.63) is 88.5 Å². The third kappa shape index (κ3) is 3.13. The zero-order chi connectivity index (χ0) is 19.0. The quantitative estimate of drug-likeness (QED) is 0.611. The second-order valence-electron chi connectivity index (χ2n) is 6.48. The number of nitrogens with zero attached hydrogens (tertiary/aromatic N) is 3. The molecular formula is C21H18N4O2. The fraction of sp³-hybridized carbons (Fsp3) is 0.0952. The Hall–Kier alpha value is -3.67. The van der Waals surface area contributed by atoms with E-state index in [1.165, 1.54) is 4.68 Å². The number of nitrogens with one attached hydrogen (secondary N) is 1. The number of hydrogen-bond acceptors (Lipinski definition) is 3. The molecule has 0 fully saturated rings. The predicted octanol–water partition coefficient (Wildman–Crippen LogP) is 3.24. The normalized spacial score (nSPS) is 10.9. The molecule has 2 aromatic rings. The van der Waals surface area contributed by atoms with Gasteiger partial charge in [0.05, 0.1) is 16.8 Å². The fourth-order valence-electron chi connectivity index (χ4n) is 3.07. The number of para-hydroxylation sites is 1. The van der Waals surface area contributed by atoms with E-state index < -0.39 is 0 Å². The number of amides is 1. The van der Waals surface area contributed by atoms with E-state index >= 15 is 0 Å². The predicted molar refractivity (Wildman–Crippen MR) is 105 cm³/mol. The summed E-state index contributed by atoms with van der Waals surface area (Å²) in [6.45, 7) is 1.96. The third-order valence-electron chi connectivity index (χ3n) is 4.32. The van der Waals surface area contributed by atoms with Crippen LogP contribution in [0.5, 0.6) is 0 Å². The van der Waals surface area contributed by atoms with Crippen LogP contribution in [0, 0.1) is 6.92 Å². The molecule has 1 N–H and O–H groups in total. The lowest BCUT2D eigenvalue weighted by Crippen LogP contribution is -2.17. The molecule has 0 aromatic heterocycles. The number of fused-ring (bicyclic) bond motifs is 1. The first kappa shape index (κ1) is 16.8. The van der Waals surface area contributed by atoms with E-state index in [9.17, 15) is 9.59 Å². The first-order chi connectivity index (χ1) is 13.0. The van der Waals surface area contributed by atoms with Crippen LogP contribution in [0.4, 0.5) is 5.69 Å². The lowest BCUT2D eigenvalue weighted by atomic mass is 10.1. The van der Waals surface area contributed by atoms with Crippen molar-refractivity contribution in [1.82, 2.24) is 14.3 Å². The van der Waals surface area contributed by atoms with Crippen LogP contribution in [0.2, 0.25) is 0 Å². The smallest absolute Gasteiger partial charge is 0.282 e. The Kier molecular flexibility index (Phi) is 4.08. The second kappa shape index (κ2) is 6.57. The Morgan fingerprint density at radius 1 is 1.04 bits per heavy atom. The molecule has 1 amide bonds. The summed E-state index contributed by atoms with van der Waals surface area (Å²) in [6.07, 6.45) is 3.36. The first-order valence-electron chi connectivity index (χ1n) is 8.55. The summed E-state index contributed by atoms with van der Waals surface area (Å²) in [5.74, 6) is -0.306. The Morgan fingerprint density at radius 2 is 1.81 bits per heavy atom. The molecule has 2 aliphatic heterocycles. The van der Waals surface area contributed by atoms with Crippen molar-refractivity contribution in [3.8, 4) is 16.9 Å². The monoisotopic (exact) mass is 358 g/mol. The van der Waals surface area contributed by atoms with Crippen molar-refractivity contribution >= 4 is 11.6 Å². The molecule has 4 rings (SSSR count). The lowest BCUT2D eigenvalue weighted by Gasteiger charge is -2.10. The highest BCUT2D eigenvalue weighted by atomic mass is 16.2. The van der Waals surface area contributed by atoms with E-state index in [0.717, 1.165) is 5.56 Å². The molecule has 0 aliphatic carbocycles. The van der Waals surface area contributed by atoms with E-state index in [0.29, 0.717) is 28.2 Å². The first-order valence-corrected chi connectivity index (χ1v) is 8.55. The van der Waals surface area contributed by atoms with Crippen LogP contribution in [0.15, 0.2) is 71.8 Å². The van der Waals surface area contributed by atoms with E-state index in [-0.39, 0.29) is 11.5 Å². The van der Waals surface area contributed by atoms with Gasteiger partial charge >= 0.3 is 0 Å². The molecule has 6 heteroatoms. The van der Waals surface area contributed by atoms with E-state index in [4.69, 9.17) is 0 Å². The Morgan fingerprint density at radius 3 is 2.56 bits per heavy atom. The summed E-state index contributed by atoms with van der Waals surface area (Å²) in [6, 6.07) is 16.7. The molecule has 6 nitrogen and oxygen atoms in total. The molecular weight excluding hydrogens is 340 g/mol. The van der Waals surface area contributed by atoms with Crippen LogP contribution >= 0.6 is 0 Å². The lowest BCUT2D eigenvalue weighted by molar-refractivity contribution is 0.102. The van der Waals surface area contributed by atoms with E-state index in [2.05, 4.69) is 10.4 Å². The summed E-state index contributed by atoms with van der Waals surface area (Å²) in [4.78, 5) is 25.7. The number of carbonyl (C=O) groups excluding carboxylic acids is 1. The van der Waals surface area contributed by atoms with Crippen molar-refractivity contribution in [3.63, 3.8) is 0 Å². The second-order valence-corrected chi connectivity index (χ2v) is 6.48. The van der Waals surface area contributed by atoms with Crippen LogP contribution < -0.4 is 10.9 Å². The van der Waals surface area contributed by atoms with E-state index in [1.54, 1.807) is 36.1 Å². The molecule has 134 valence electrons. The van der Waals surface area contributed by atoms with Gasteiger partial charge in [-0.05, 0) is 36.8 Å². The Balaban J connectivity index is 1.81. The average Bonchev–Trinajstić information content (AvgIpc) is 2.98. The number of rotatable bonds is 3. The molecule has 2 heterocycles. The SMILES string of the molecule is Cc1cccc(NC(=O)c2cn(C)cc3c(=O)n(-c4ccccc4)nc2-3)c1. The molecule has 2 aliphatic rings. The van der Waals surface area contributed by atoms with Crippen molar-refractivity contribution in [2.45, 2.75) is 6.92 Å². The van der Waals surface area contributed by atoms with Gasteiger partial charge in [-0.1, -0.05) is 30.3 Å². The number of pyridine rings is 1. The van der Waals surface area contributed by atoms with Gasteiger partial charge in [-0.15, -0.1) is 0 Å². The number of aromatic nitrogens is 3. The maximum Gasteiger partial charge on any atom is 0.282 e. The van der Waals surface area contributed by atoms with Gasteiger partial charge in [0.1, 0.15) is 5.69 Å². The van der Waals surface area contributed by atoms with Crippen LogP contribution in [0.3, 0.4) is 0 Å². The number of aryl methyl sites for hydroxylation is 2. The summed E-state index contributed by atoms with van der Waals surface area (Å²) >= 11 is 0. The zero-order valence-corrected chi connectivity index (χ0v) is 15.0. The summed E-state index contributed by atoms with van der Waals surface area (Å²) in [5, 5.41) is 7.32. The number of carbonyl (C=O) groups is 1.